The smallest absolute Gasteiger partial charge is 0.150 e. The molecule has 0 saturated carbocycles. The second kappa shape index (κ2) is 8.96. The van der Waals surface area contributed by atoms with Gasteiger partial charge >= 0.3 is 0 Å². The lowest BCUT2D eigenvalue weighted by molar-refractivity contribution is 0.317. The Morgan fingerprint density at radius 1 is 1.33 bits per heavy atom. The van der Waals surface area contributed by atoms with E-state index in [1.165, 1.54) is 0 Å². The van der Waals surface area contributed by atoms with Gasteiger partial charge in [-0.15, -0.1) is 11.6 Å². The van der Waals surface area contributed by atoms with Gasteiger partial charge in [0.1, 0.15) is 15.6 Å². The normalized spacial score (nSPS) is 10.8. The Morgan fingerprint density at radius 2 is 2.10 bits per heavy atom. The summed E-state index contributed by atoms with van der Waals surface area (Å²) in [5, 5.41) is 0. The lowest BCUT2D eigenvalue weighted by Crippen LogP contribution is -2.12. The molecule has 0 amide bonds. The van der Waals surface area contributed by atoms with Crippen molar-refractivity contribution in [2.24, 2.45) is 0 Å². The predicted octanol–water partition coefficient (Wildman–Crippen LogP) is 3.18. The minimum atomic E-state index is -2.93. The van der Waals surface area contributed by atoms with E-state index < -0.39 is 9.84 Å². The second-order valence-electron chi connectivity index (χ2n) is 4.68. The molecule has 0 heterocycles. The fraction of sp³-hybridized carbons (Fsp3) is 0.500. The Morgan fingerprint density at radius 3 is 2.76 bits per heavy atom. The first-order valence-electron chi connectivity index (χ1n) is 6.97. The zero-order chi connectivity index (χ0) is 15.7. The lowest BCUT2D eigenvalue weighted by Gasteiger charge is -2.09. The molecule has 0 N–H and O–H groups in total. The Balaban J connectivity index is 2.65. The van der Waals surface area contributed by atoms with Crippen molar-refractivity contribution >= 4 is 21.4 Å². The van der Waals surface area contributed by atoms with Gasteiger partial charge in [0.2, 0.25) is 0 Å². The quantitative estimate of drug-likeness (QED) is 0.438. The lowest BCUT2D eigenvalue weighted by atomic mass is 10.1. The van der Waals surface area contributed by atoms with Crippen molar-refractivity contribution in [1.82, 2.24) is 0 Å². The van der Waals surface area contributed by atoms with E-state index in [9.17, 15) is 8.42 Å². The average molecular weight is 329 g/mol. The zero-order valence-electron chi connectivity index (χ0n) is 12.5. The monoisotopic (exact) mass is 328 g/mol. The molecular formula is C16H21ClO3S. The summed E-state index contributed by atoms with van der Waals surface area (Å²) in [5.74, 6) is 7.55. The first-order valence-corrected chi connectivity index (χ1v) is 9.33. The first kappa shape index (κ1) is 17.9. The van der Waals surface area contributed by atoms with Gasteiger partial charge in [0.15, 0.2) is 0 Å². The number of hydrogen-bond donors (Lipinski definition) is 0. The number of aryl methyl sites for hydroxylation is 1. The van der Waals surface area contributed by atoms with Gasteiger partial charge in [-0.2, -0.15) is 0 Å². The molecule has 0 unspecified atom stereocenters. The highest BCUT2D eigenvalue weighted by Gasteiger charge is 2.07. The Labute approximate surface area is 132 Å². The predicted molar refractivity (Wildman–Crippen MR) is 87.8 cm³/mol. The molecule has 0 aliphatic carbocycles. The van der Waals surface area contributed by atoms with Crippen LogP contribution in [0.25, 0.3) is 0 Å². The van der Waals surface area contributed by atoms with E-state index >= 15 is 0 Å². The van der Waals surface area contributed by atoms with Gasteiger partial charge in [-0.25, -0.2) is 8.42 Å². The van der Waals surface area contributed by atoms with Crippen molar-refractivity contribution in [2.75, 3.05) is 24.0 Å². The summed E-state index contributed by atoms with van der Waals surface area (Å²) in [6.45, 7) is 4.01. The highest BCUT2D eigenvalue weighted by molar-refractivity contribution is 7.91. The van der Waals surface area contributed by atoms with Crippen LogP contribution < -0.4 is 4.74 Å². The molecule has 3 nitrogen and oxygen atoms in total. The standard InChI is InChI=1S/C16H21ClO3S/c1-3-21(18,19)12-6-11-20-16-9-8-14(2)13-15(16)7-4-5-10-17/h8-9,13H,3,5-6,10-12H2,1-2H3. The molecule has 0 spiro atoms. The second-order valence-corrected chi connectivity index (χ2v) is 7.53. The Hall–Kier alpha value is -1.18. The first-order chi connectivity index (χ1) is 9.98. The number of alkyl halides is 1. The molecule has 0 aliphatic heterocycles. The molecule has 1 aromatic rings. The minimum Gasteiger partial charge on any atom is -0.492 e. The Kier molecular flexibility index (Phi) is 7.63. The molecule has 0 aromatic heterocycles. The molecule has 1 rings (SSSR count). The Bertz CT molecular complexity index is 612. The van der Waals surface area contributed by atoms with Crippen LogP contribution in [0.2, 0.25) is 0 Å². The molecule has 5 heteroatoms. The topological polar surface area (TPSA) is 43.4 Å². The van der Waals surface area contributed by atoms with Crippen LogP contribution in [0.1, 0.15) is 30.9 Å². The molecule has 116 valence electrons. The van der Waals surface area contributed by atoms with Gasteiger partial charge in [-0.3, -0.25) is 0 Å². The number of ether oxygens (including phenoxy) is 1. The van der Waals surface area contributed by atoms with Crippen molar-refractivity contribution in [3.05, 3.63) is 29.3 Å². The van der Waals surface area contributed by atoms with Crippen LogP contribution in [-0.4, -0.2) is 32.4 Å². The van der Waals surface area contributed by atoms with E-state index in [4.69, 9.17) is 16.3 Å². The highest BCUT2D eigenvalue weighted by Crippen LogP contribution is 2.19. The number of benzene rings is 1. The molecule has 0 fully saturated rings. The van der Waals surface area contributed by atoms with E-state index in [1.807, 2.05) is 25.1 Å². The van der Waals surface area contributed by atoms with Gasteiger partial charge in [0.05, 0.1) is 17.9 Å². The van der Waals surface area contributed by atoms with Crippen LogP contribution in [0.3, 0.4) is 0 Å². The number of rotatable bonds is 7. The van der Waals surface area contributed by atoms with Crippen LogP contribution >= 0.6 is 11.6 Å². The summed E-state index contributed by atoms with van der Waals surface area (Å²) in [7, 11) is -2.93. The van der Waals surface area contributed by atoms with Crippen molar-refractivity contribution in [2.45, 2.75) is 26.7 Å². The van der Waals surface area contributed by atoms with E-state index in [0.717, 1.165) is 11.1 Å². The molecule has 21 heavy (non-hydrogen) atoms. The van der Waals surface area contributed by atoms with Crippen molar-refractivity contribution in [1.29, 1.82) is 0 Å². The van der Waals surface area contributed by atoms with Crippen LogP contribution in [0, 0.1) is 18.8 Å². The van der Waals surface area contributed by atoms with E-state index in [2.05, 4.69) is 11.8 Å². The van der Waals surface area contributed by atoms with Crippen molar-refractivity contribution in [3.8, 4) is 17.6 Å². The SMILES string of the molecule is CCS(=O)(=O)CCCOc1ccc(C)cc1C#CCCCl. The number of sulfone groups is 1. The number of halogens is 1. The van der Waals surface area contributed by atoms with Gasteiger partial charge in [-0.1, -0.05) is 24.8 Å². The zero-order valence-corrected chi connectivity index (χ0v) is 14.1. The van der Waals surface area contributed by atoms with Crippen molar-refractivity contribution < 1.29 is 13.2 Å². The van der Waals surface area contributed by atoms with E-state index in [1.54, 1.807) is 6.92 Å². The summed E-state index contributed by atoms with van der Waals surface area (Å²) < 4.78 is 28.5. The largest absolute Gasteiger partial charge is 0.492 e. The van der Waals surface area contributed by atoms with Crippen LogP contribution in [-0.2, 0) is 9.84 Å². The van der Waals surface area contributed by atoms with Gasteiger partial charge in [0.25, 0.3) is 0 Å². The molecule has 0 aliphatic rings. The van der Waals surface area contributed by atoms with Gasteiger partial charge < -0.3 is 4.74 Å². The summed E-state index contributed by atoms with van der Waals surface area (Å²) in [4.78, 5) is 0. The molecule has 0 saturated heterocycles. The number of hydrogen-bond acceptors (Lipinski definition) is 3. The minimum absolute atomic E-state index is 0.155. The molecule has 0 radical (unpaired) electrons. The van der Waals surface area contributed by atoms with Gasteiger partial charge in [-0.05, 0) is 31.0 Å². The molecular weight excluding hydrogens is 308 g/mol. The molecule has 0 bridgehead atoms. The van der Waals surface area contributed by atoms with Crippen LogP contribution in [0.4, 0.5) is 0 Å². The fourth-order valence-electron chi connectivity index (χ4n) is 1.68. The van der Waals surface area contributed by atoms with Gasteiger partial charge in [0, 0.05) is 18.1 Å². The third-order valence-corrected chi connectivity index (χ3v) is 4.85. The van der Waals surface area contributed by atoms with Crippen molar-refractivity contribution in [3.63, 3.8) is 0 Å². The average Bonchev–Trinajstić information content (AvgIpc) is 2.45. The summed E-state index contributed by atoms with van der Waals surface area (Å²) in [6, 6.07) is 5.78. The third-order valence-electron chi connectivity index (χ3n) is 2.87. The summed E-state index contributed by atoms with van der Waals surface area (Å²) in [6.07, 6.45) is 1.11. The maximum Gasteiger partial charge on any atom is 0.150 e. The van der Waals surface area contributed by atoms with Crippen LogP contribution in [0.15, 0.2) is 18.2 Å². The maximum absolute atomic E-state index is 11.4. The fourth-order valence-corrected chi connectivity index (χ4v) is 2.62. The summed E-state index contributed by atoms with van der Waals surface area (Å²) in [5.41, 5.74) is 1.92. The summed E-state index contributed by atoms with van der Waals surface area (Å²) >= 11 is 5.61. The van der Waals surface area contributed by atoms with E-state index in [0.29, 0.717) is 31.1 Å². The molecule has 1 aromatic carbocycles. The van der Waals surface area contributed by atoms with E-state index in [-0.39, 0.29) is 11.5 Å². The maximum atomic E-state index is 11.4. The third kappa shape index (κ3) is 6.88. The molecule has 0 atom stereocenters. The highest BCUT2D eigenvalue weighted by atomic mass is 35.5. The van der Waals surface area contributed by atoms with Crippen LogP contribution in [0.5, 0.6) is 5.75 Å².